The van der Waals surface area contributed by atoms with Crippen molar-refractivity contribution in [3.05, 3.63) is 35.4 Å². The molecule has 0 spiro atoms. The molecule has 0 radical (unpaired) electrons. The van der Waals surface area contributed by atoms with E-state index < -0.39 is 0 Å². The zero-order chi connectivity index (χ0) is 11.4. The fourth-order valence-corrected chi connectivity index (χ4v) is 1.94. The SMILES string of the molecule is CC(C)c1ccc(C(Cl)CN(C)C)cc1. The lowest BCUT2D eigenvalue weighted by molar-refractivity contribution is 0.408. The average molecular weight is 226 g/mol. The van der Waals surface area contributed by atoms with Gasteiger partial charge in [0, 0.05) is 6.54 Å². The van der Waals surface area contributed by atoms with E-state index in [1.165, 1.54) is 11.1 Å². The van der Waals surface area contributed by atoms with Crippen molar-refractivity contribution in [2.24, 2.45) is 0 Å². The summed E-state index contributed by atoms with van der Waals surface area (Å²) in [7, 11) is 4.08. The van der Waals surface area contributed by atoms with Gasteiger partial charge in [-0.2, -0.15) is 0 Å². The number of likely N-dealkylation sites (N-methyl/N-ethyl adjacent to an activating group) is 1. The molecular weight excluding hydrogens is 206 g/mol. The molecule has 2 heteroatoms. The summed E-state index contributed by atoms with van der Waals surface area (Å²) in [6.07, 6.45) is 0. The van der Waals surface area contributed by atoms with Gasteiger partial charge < -0.3 is 4.90 Å². The molecule has 0 bridgehead atoms. The second-order valence-corrected chi connectivity index (χ2v) is 5.08. The first-order chi connectivity index (χ1) is 7.00. The van der Waals surface area contributed by atoms with Crippen LogP contribution >= 0.6 is 11.6 Å². The van der Waals surface area contributed by atoms with Crippen LogP contribution in [-0.2, 0) is 0 Å². The smallest absolute Gasteiger partial charge is 0.0712 e. The molecule has 1 nitrogen and oxygen atoms in total. The molecule has 0 aliphatic rings. The van der Waals surface area contributed by atoms with Gasteiger partial charge in [-0.1, -0.05) is 38.1 Å². The Balaban J connectivity index is 2.71. The minimum atomic E-state index is 0.0845. The van der Waals surface area contributed by atoms with Crippen molar-refractivity contribution in [3.8, 4) is 0 Å². The van der Waals surface area contributed by atoms with Gasteiger partial charge in [-0.3, -0.25) is 0 Å². The molecule has 1 rings (SSSR count). The van der Waals surface area contributed by atoms with Crippen LogP contribution in [0.4, 0.5) is 0 Å². The van der Waals surface area contributed by atoms with Crippen LogP contribution < -0.4 is 0 Å². The predicted octanol–water partition coefficient (Wildman–Crippen LogP) is 3.65. The normalized spacial score (nSPS) is 13.5. The lowest BCUT2D eigenvalue weighted by Gasteiger charge is -2.16. The molecule has 1 atom stereocenters. The van der Waals surface area contributed by atoms with Gasteiger partial charge in [0.15, 0.2) is 0 Å². The summed E-state index contributed by atoms with van der Waals surface area (Å²) in [4.78, 5) is 2.11. The highest BCUT2D eigenvalue weighted by atomic mass is 35.5. The summed E-state index contributed by atoms with van der Waals surface area (Å²) in [5.41, 5.74) is 2.57. The Morgan fingerprint density at radius 3 is 1.93 bits per heavy atom. The van der Waals surface area contributed by atoms with Crippen LogP contribution in [0.3, 0.4) is 0 Å². The number of nitrogens with zero attached hydrogens (tertiary/aromatic N) is 1. The number of benzene rings is 1. The molecule has 1 unspecified atom stereocenters. The lowest BCUT2D eigenvalue weighted by atomic mass is 10.0. The first-order valence-corrected chi connectivity index (χ1v) is 5.83. The lowest BCUT2D eigenvalue weighted by Crippen LogP contribution is -2.17. The van der Waals surface area contributed by atoms with Crippen molar-refractivity contribution >= 4 is 11.6 Å². The van der Waals surface area contributed by atoms with Gasteiger partial charge >= 0.3 is 0 Å². The second kappa shape index (κ2) is 5.53. The van der Waals surface area contributed by atoms with Crippen LogP contribution in [0, 0.1) is 0 Å². The molecule has 0 fully saturated rings. The Morgan fingerprint density at radius 1 is 1.07 bits per heavy atom. The fourth-order valence-electron chi connectivity index (χ4n) is 1.52. The van der Waals surface area contributed by atoms with Gasteiger partial charge in [0.1, 0.15) is 0 Å². The topological polar surface area (TPSA) is 3.24 Å². The fraction of sp³-hybridized carbons (Fsp3) is 0.538. The second-order valence-electron chi connectivity index (χ2n) is 4.55. The zero-order valence-electron chi connectivity index (χ0n) is 10.00. The van der Waals surface area contributed by atoms with E-state index in [-0.39, 0.29) is 5.38 Å². The highest BCUT2D eigenvalue weighted by Crippen LogP contribution is 2.23. The zero-order valence-corrected chi connectivity index (χ0v) is 10.8. The summed E-state index contributed by atoms with van der Waals surface area (Å²) in [5, 5.41) is 0.0845. The summed E-state index contributed by atoms with van der Waals surface area (Å²) < 4.78 is 0. The van der Waals surface area contributed by atoms with Gasteiger partial charge in [-0.15, -0.1) is 11.6 Å². The number of hydrogen-bond acceptors (Lipinski definition) is 1. The van der Waals surface area contributed by atoms with Gasteiger partial charge in [0.05, 0.1) is 5.38 Å². The Bertz CT molecular complexity index is 290. The molecule has 0 heterocycles. The molecule has 0 saturated heterocycles. The molecule has 84 valence electrons. The maximum Gasteiger partial charge on any atom is 0.0712 e. The number of rotatable bonds is 4. The van der Waals surface area contributed by atoms with Crippen LogP contribution in [0.15, 0.2) is 24.3 Å². The van der Waals surface area contributed by atoms with Crippen LogP contribution in [-0.4, -0.2) is 25.5 Å². The molecule has 0 N–H and O–H groups in total. The maximum absolute atomic E-state index is 6.29. The molecular formula is C13H20ClN. The van der Waals surface area contributed by atoms with Crippen LogP contribution in [0.25, 0.3) is 0 Å². The molecule has 0 aliphatic carbocycles. The van der Waals surface area contributed by atoms with E-state index in [4.69, 9.17) is 11.6 Å². The molecule has 15 heavy (non-hydrogen) atoms. The van der Waals surface area contributed by atoms with E-state index in [0.29, 0.717) is 5.92 Å². The van der Waals surface area contributed by atoms with Crippen molar-refractivity contribution in [2.45, 2.75) is 25.1 Å². The largest absolute Gasteiger partial charge is 0.308 e. The number of halogens is 1. The molecule has 0 aliphatic heterocycles. The monoisotopic (exact) mass is 225 g/mol. The van der Waals surface area contributed by atoms with Crippen molar-refractivity contribution in [1.29, 1.82) is 0 Å². The molecule has 0 amide bonds. The van der Waals surface area contributed by atoms with E-state index in [1.54, 1.807) is 0 Å². The highest BCUT2D eigenvalue weighted by molar-refractivity contribution is 6.21. The highest BCUT2D eigenvalue weighted by Gasteiger charge is 2.09. The van der Waals surface area contributed by atoms with Crippen molar-refractivity contribution in [2.75, 3.05) is 20.6 Å². The molecule has 0 saturated carbocycles. The first-order valence-electron chi connectivity index (χ1n) is 5.39. The van der Waals surface area contributed by atoms with E-state index >= 15 is 0 Å². The number of hydrogen-bond donors (Lipinski definition) is 0. The Morgan fingerprint density at radius 2 is 1.53 bits per heavy atom. The van der Waals surface area contributed by atoms with Gasteiger partial charge in [0.2, 0.25) is 0 Å². The van der Waals surface area contributed by atoms with Crippen molar-refractivity contribution in [3.63, 3.8) is 0 Å². The standard InChI is InChI=1S/C13H20ClN/c1-10(2)11-5-7-12(8-6-11)13(14)9-15(3)4/h5-8,10,13H,9H2,1-4H3. The third kappa shape index (κ3) is 3.84. The minimum absolute atomic E-state index is 0.0845. The maximum atomic E-state index is 6.29. The van der Waals surface area contributed by atoms with Crippen LogP contribution in [0.1, 0.15) is 36.3 Å². The van der Waals surface area contributed by atoms with Gasteiger partial charge in [-0.05, 0) is 31.1 Å². The third-order valence-electron chi connectivity index (χ3n) is 2.49. The molecule has 1 aromatic rings. The van der Waals surface area contributed by atoms with Gasteiger partial charge in [0.25, 0.3) is 0 Å². The molecule has 0 aromatic heterocycles. The quantitative estimate of drug-likeness (QED) is 0.708. The average Bonchev–Trinajstić information content (AvgIpc) is 2.17. The van der Waals surface area contributed by atoms with Gasteiger partial charge in [-0.25, -0.2) is 0 Å². The van der Waals surface area contributed by atoms with Crippen LogP contribution in [0.2, 0.25) is 0 Å². The van der Waals surface area contributed by atoms with Crippen molar-refractivity contribution in [1.82, 2.24) is 4.90 Å². The van der Waals surface area contributed by atoms with E-state index in [2.05, 4.69) is 43.0 Å². The summed E-state index contributed by atoms with van der Waals surface area (Å²) >= 11 is 6.29. The number of alkyl halides is 1. The Hall–Kier alpha value is -0.530. The van der Waals surface area contributed by atoms with E-state index in [1.807, 2.05) is 14.1 Å². The molecule has 1 aromatic carbocycles. The minimum Gasteiger partial charge on any atom is -0.308 e. The summed E-state index contributed by atoms with van der Waals surface area (Å²) in [5.74, 6) is 0.585. The predicted molar refractivity (Wildman–Crippen MR) is 67.7 cm³/mol. The van der Waals surface area contributed by atoms with Crippen LogP contribution in [0.5, 0.6) is 0 Å². The Labute approximate surface area is 98.0 Å². The van der Waals surface area contributed by atoms with Crippen molar-refractivity contribution < 1.29 is 0 Å². The van der Waals surface area contributed by atoms with E-state index in [0.717, 1.165) is 6.54 Å². The summed E-state index contributed by atoms with van der Waals surface area (Å²) in [6.45, 7) is 5.28. The Kier molecular flexibility index (Phi) is 4.62. The summed E-state index contributed by atoms with van der Waals surface area (Å²) in [6, 6.07) is 8.61. The third-order valence-corrected chi connectivity index (χ3v) is 2.88. The first kappa shape index (κ1) is 12.5. The van der Waals surface area contributed by atoms with E-state index in [9.17, 15) is 0 Å².